The highest BCUT2D eigenvalue weighted by Crippen LogP contribution is 2.29. The van der Waals surface area contributed by atoms with E-state index >= 15 is 0 Å². The Morgan fingerprint density at radius 2 is 2.20 bits per heavy atom. The molecule has 5 nitrogen and oxygen atoms in total. The fourth-order valence-corrected chi connectivity index (χ4v) is 2.22. The molecule has 6 heteroatoms. The molecule has 0 spiro atoms. The molecule has 0 atom stereocenters. The van der Waals surface area contributed by atoms with Gasteiger partial charge in [-0.15, -0.1) is 0 Å². The maximum atomic E-state index is 12.5. The van der Waals surface area contributed by atoms with Gasteiger partial charge in [0.15, 0.2) is 0 Å². The lowest BCUT2D eigenvalue weighted by atomic mass is 10.2. The largest absolute Gasteiger partial charge is 0.465 e. The zero-order valence-corrected chi connectivity index (χ0v) is 12.3. The summed E-state index contributed by atoms with van der Waals surface area (Å²) in [6.45, 7) is 3.80. The number of hydrogen-bond acceptors (Lipinski definition) is 4. The van der Waals surface area contributed by atoms with Crippen LogP contribution in [-0.2, 0) is 9.53 Å². The Bertz CT molecular complexity index is 529. The SMILES string of the molecule is CCOC(=O)CN(C(=O)c1cnc(C)cc1Cl)C1CC1. The van der Waals surface area contributed by atoms with E-state index in [1.807, 2.05) is 0 Å². The van der Waals surface area contributed by atoms with Gasteiger partial charge in [-0.05, 0) is 32.8 Å². The van der Waals surface area contributed by atoms with Crippen molar-refractivity contribution in [2.45, 2.75) is 32.7 Å². The first kappa shape index (κ1) is 14.8. The van der Waals surface area contributed by atoms with E-state index in [-0.39, 0.29) is 18.5 Å². The molecule has 0 N–H and O–H groups in total. The average molecular weight is 297 g/mol. The normalized spacial score (nSPS) is 13.9. The quantitative estimate of drug-likeness (QED) is 0.782. The van der Waals surface area contributed by atoms with E-state index in [9.17, 15) is 9.59 Å². The van der Waals surface area contributed by atoms with Gasteiger partial charge < -0.3 is 9.64 Å². The number of halogens is 1. The molecule has 20 heavy (non-hydrogen) atoms. The summed E-state index contributed by atoms with van der Waals surface area (Å²) in [6.07, 6.45) is 3.27. The number of esters is 1. The lowest BCUT2D eigenvalue weighted by molar-refractivity contribution is -0.144. The number of aryl methyl sites for hydroxylation is 1. The van der Waals surface area contributed by atoms with Crippen LogP contribution in [0.15, 0.2) is 12.3 Å². The summed E-state index contributed by atoms with van der Waals surface area (Å²) in [5.74, 6) is -0.665. The predicted octanol–water partition coefficient (Wildman–Crippen LogP) is 2.21. The molecule has 1 fully saturated rings. The minimum Gasteiger partial charge on any atom is -0.465 e. The Balaban J connectivity index is 2.16. The summed E-state index contributed by atoms with van der Waals surface area (Å²) in [7, 11) is 0. The highest BCUT2D eigenvalue weighted by Gasteiger charge is 2.35. The molecule has 1 heterocycles. The van der Waals surface area contributed by atoms with Gasteiger partial charge in [0.1, 0.15) is 6.54 Å². The topological polar surface area (TPSA) is 59.5 Å². The van der Waals surface area contributed by atoms with E-state index < -0.39 is 5.97 Å². The Hall–Kier alpha value is -1.62. The van der Waals surface area contributed by atoms with Gasteiger partial charge in [0, 0.05) is 17.9 Å². The third-order valence-corrected chi connectivity index (χ3v) is 3.39. The van der Waals surface area contributed by atoms with Crippen LogP contribution in [0.3, 0.4) is 0 Å². The summed E-state index contributed by atoms with van der Waals surface area (Å²) in [6, 6.07) is 1.74. The molecule has 1 aliphatic rings. The molecule has 1 aromatic heterocycles. The number of amides is 1. The Kier molecular flexibility index (Phi) is 4.60. The second-order valence-corrected chi connectivity index (χ2v) is 5.18. The fraction of sp³-hybridized carbons (Fsp3) is 0.500. The Labute approximate surface area is 122 Å². The van der Waals surface area contributed by atoms with Crippen molar-refractivity contribution < 1.29 is 14.3 Å². The average Bonchev–Trinajstić information content (AvgIpc) is 3.20. The summed E-state index contributed by atoms with van der Waals surface area (Å²) in [5.41, 5.74) is 1.07. The van der Waals surface area contributed by atoms with Crippen molar-refractivity contribution >= 4 is 23.5 Å². The van der Waals surface area contributed by atoms with E-state index in [0.717, 1.165) is 18.5 Å². The highest BCUT2D eigenvalue weighted by molar-refractivity contribution is 6.33. The molecule has 0 aliphatic heterocycles. The van der Waals surface area contributed by atoms with Crippen LogP contribution in [0.2, 0.25) is 5.02 Å². The molecule has 0 aromatic carbocycles. The van der Waals surface area contributed by atoms with Gasteiger partial charge in [0.05, 0.1) is 17.2 Å². The van der Waals surface area contributed by atoms with E-state index in [1.54, 1.807) is 19.9 Å². The molecule has 1 amide bonds. The van der Waals surface area contributed by atoms with Gasteiger partial charge in [-0.2, -0.15) is 0 Å². The first-order valence-electron chi connectivity index (χ1n) is 6.61. The monoisotopic (exact) mass is 296 g/mol. The lowest BCUT2D eigenvalue weighted by Crippen LogP contribution is -2.38. The smallest absolute Gasteiger partial charge is 0.325 e. The van der Waals surface area contributed by atoms with Crippen LogP contribution < -0.4 is 0 Å². The summed E-state index contributed by atoms with van der Waals surface area (Å²) >= 11 is 6.09. The van der Waals surface area contributed by atoms with Gasteiger partial charge in [-0.25, -0.2) is 0 Å². The third-order valence-electron chi connectivity index (χ3n) is 3.07. The van der Waals surface area contributed by atoms with Crippen molar-refractivity contribution in [2.24, 2.45) is 0 Å². The molecular weight excluding hydrogens is 280 g/mol. The summed E-state index contributed by atoms with van der Waals surface area (Å²) < 4.78 is 4.90. The zero-order valence-electron chi connectivity index (χ0n) is 11.6. The second kappa shape index (κ2) is 6.22. The lowest BCUT2D eigenvalue weighted by Gasteiger charge is -2.21. The van der Waals surface area contributed by atoms with Gasteiger partial charge in [-0.3, -0.25) is 14.6 Å². The van der Waals surface area contributed by atoms with Gasteiger partial charge in [0.2, 0.25) is 0 Å². The molecule has 1 aliphatic carbocycles. The first-order valence-corrected chi connectivity index (χ1v) is 6.99. The minimum atomic E-state index is -0.399. The molecule has 1 aromatic rings. The van der Waals surface area contributed by atoms with Crippen LogP contribution >= 0.6 is 11.6 Å². The van der Waals surface area contributed by atoms with Crippen LogP contribution in [-0.4, -0.2) is 41.0 Å². The Morgan fingerprint density at radius 3 is 2.75 bits per heavy atom. The molecule has 0 radical (unpaired) electrons. The zero-order chi connectivity index (χ0) is 14.7. The molecule has 2 rings (SSSR count). The van der Waals surface area contributed by atoms with Gasteiger partial charge in [-0.1, -0.05) is 11.6 Å². The molecule has 0 saturated heterocycles. The highest BCUT2D eigenvalue weighted by atomic mass is 35.5. The number of rotatable bonds is 5. The van der Waals surface area contributed by atoms with Crippen LogP contribution in [0.1, 0.15) is 35.8 Å². The van der Waals surface area contributed by atoms with E-state index in [1.165, 1.54) is 11.1 Å². The maximum Gasteiger partial charge on any atom is 0.325 e. The minimum absolute atomic E-state index is 0.0401. The van der Waals surface area contributed by atoms with Crippen LogP contribution in [0.4, 0.5) is 0 Å². The Morgan fingerprint density at radius 1 is 1.50 bits per heavy atom. The van der Waals surface area contributed by atoms with Crippen LogP contribution in [0.25, 0.3) is 0 Å². The maximum absolute atomic E-state index is 12.5. The van der Waals surface area contributed by atoms with Crippen molar-refractivity contribution in [3.05, 3.63) is 28.5 Å². The number of nitrogens with zero attached hydrogens (tertiary/aromatic N) is 2. The number of ether oxygens (including phenoxy) is 1. The van der Waals surface area contributed by atoms with E-state index in [4.69, 9.17) is 16.3 Å². The predicted molar refractivity (Wildman–Crippen MR) is 74.7 cm³/mol. The van der Waals surface area contributed by atoms with Crippen LogP contribution in [0, 0.1) is 6.92 Å². The number of aromatic nitrogens is 1. The molecule has 0 bridgehead atoms. The number of carbonyl (C=O) groups is 2. The molecule has 0 unspecified atom stereocenters. The number of pyridine rings is 1. The number of hydrogen-bond donors (Lipinski definition) is 0. The molecular formula is C14H17ClN2O3. The van der Waals surface area contributed by atoms with Crippen molar-refractivity contribution in [2.75, 3.05) is 13.2 Å². The summed E-state index contributed by atoms with van der Waals surface area (Å²) in [4.78, 5) is 29.7. The standard InChI is InChI=1S/C14H17ClN2O3/c1-3-20-13(18)8-17(10-4-5-10)14(19)11-7-16-9(2)6-12(11)15/h6-7,10H,3-5,8H2,1-2H3. The number of carbonyl (C=O) groups excluding carboxylic acids is 2. The van der Waals surface area contributed by atoms with Crippen molar-refractivity contribution in [3.63, 3.8) is 0 Å². The van der Waals surface area contributed by atoms with Gasteiger partial charge >= 0.3 is 5.97 Å². The van der Waals surface area contributed by atoms with Crippen LogP contribution in [0.5, 0.6) is 0 Å². The van der Waals surface area contributed by atoms with Crippen molar-refractivity contribution in [1.82, 2.24) is 9.88 Å². The fourth-order valence-electron chi connectivity index (χ4n) is 1.94. The molecule has 1 saturated carbocycles. The van der Waals surface area contributed by atoms with Crippen molar-refractivity contribution in [3.8, 4) is 0 Å². The van der Waals surface area contributed by atoms with E-state index in [2.05, 4.69) is 4.98 Å². The second-order valence-electron chi connectivity index (χ2n) is 4.77. The van der Waals surface area contributed by atoms with Gasteiger partial charge in [0.25, 0.3) is 5.91 Å². The van der Waals surface area contributed by atoms with E-state index in [0.29, 0.717) is 17.2 Å². The third kappa shape index (κ3) is 3.48. The summed E-state index contributed by atoms with van der Waals surface area (Å²) in [5, 5.41) is 0.358. The van der Waals surface area contributed by atoms with Crippen molar-refractivity contribution in [1.29, 1.82) is 0 Å². The molecule has 108 valence electrons. The first-order chi connectivity index (χ1) is 9.52.